The number of hydrogen-bond donors (Lipinski definition) is 0. The third kappa shape index (κ3) is 3.26. The van der Waals surface area contributed by atoms with Crippen LogP contribution < -0.4 is 0 Å². The van der Waals surface area contributed by atoms with Crippen LogP contribution in [0.3, 0.4) is 0 Å². The zero-order valence-electron chi connectivity index (χ0n) is 13.7. The van der Waals surface area contributed by atoms with Gasteiger partial charge in [0.1, 0.15) is 0 Å². The highest BCUT2D eigenvalue weighted by Gasteiger charge is 2.09. The third-order valence-electron chi connectivity index (χ3n) is 3.90. The third-order valence-corrected chi connectivity index (χ3v) is 3.90. The van der Waals surface area contributed by atoms with Gasteiger partial charge in [0.15, 0.2) is 0 Å². The number of nitrogens with zero attached hydrogens (tertiary/aromatic N) is 4. The SMILES string of the molecule is Cn1nccc1-c1cccc(-c2noc(/C=C/c3ccccc3)n2)c1. The van der Waals surface area contributed by atoms with Crippen LogP contribution in [0, 0.1) is 0 Å². The van der Waals surface area contributed by atoms with Crippen LogP contribution in [0.2, 0.25) is 0 Å². The van der Waals surface area contributed by atoms with Gasteiger partial charge in [0.05, 0.1) is 5.69 Å². The summed E-state index contributed by atoms with van der Waals surface area (Å²) < 4.78 is 7.17. The minimum Gasteiger partial charge on any atom is -0.334 e. The summed E-state index contributed by atoms with van der Waals surface area (Å²) in [4.78, 5) is 4.45. The van der Waals surface area contributed by atoms with Crippen molar-refractivity contribution >= 4 is 12.2 Å². The van der Waals surface area contributed by atoms with E-state index < -0.39 is 0 Å². The lowest BCUT2D eigenvalue weighted by Gasteiger charge is -2.03. The minimum absolute atomic E-state index is 0.477. The Labute approximate surface area is 145 Å². The molecule has 122 valence electrons. The van der Waals surface area contributed by atoms with Crippen LogP contribution in [0.4, 0.5) is 0 Å². The van der Waals surface area contributed by atoms with Gasteiger partial charge in [-0.3, -0.25) is 4.68 Å². The second-order valence-corrected chi connectivity index (χ2v) is 5.62. The van der Waals surface area contributed by atoms with Gasteiger partial charge in [-0.1, -0.05) is 53.7 Å². The van der Waals surface area contributed by atoms with E-state index in [-0.39, 0.29) is 0 Å². The first-order valence-corrected chi connectivity index (χ1v) is 7.95. The molecule has 2 aromatic heterocycles. The van der Waals surface area contributed by atoms with E-state index in [0.29, 0.717) is 11.7 Å². The Morgan fingerprint density at radius 1 is 0.920 bits per heavy atom. The fourth-order valence-corrected chi connectivity index (χ4v) is 2.63. The van der Waals surface area contributed by atoms with Gasteiger partial charge in [0.25, 0.3) is 5.89 Å². The van der Waals surface area contributed by atoms with Crippen molar-refractivity contribution in [2.24, 2.45) is 7.05 Å². The first-order chi connectivity index (χ1) is 12.3. The van der Waals surface area contributed by atoms with E-state index >= 15 is 0 Å². The summed E-state index contributed by atoms with van der Waals surface area (Å²) in [5.74, 6) is 1.04. The molecule has 0 atom stereocenters. The van der Waals surface area contributed by atoms with Crippen molar-refractivity contribution in [3.8, 4) is 22.6 Å². The summed E-state index contributed by atoms with van der Waals surface area (Å²) in [5, 5.41) is 8.29. The fraction of sp³-hybridized carbons (Fsp3) is 0.0500. The molecule has 0 aliphatic rings. The molecule has 4 aromatic rings. The number of benzene rings is 2. The molecule has 4 rings (SSSR count). The number of rotatable bonds is 4. The Morgan fingerprint density at radius 2 is 1.76 bits per heavy atom. The van der Waals surface area contributed by atoms with Crippen LogP contribution in [0.15, 0.2) is 71.4 Å². The lowest BCUT2D eigenvalue weighted by molar-refractivity contribution is 0.411. The number of aryl methyl sites for hydroxylation is 1. The molecule has 25 heavy (non-hydrogen) atoms. The van der Waals surface area contributed by atoms with E-state index in [0.717, 1.165) is 22.4 Å². The molecule has 0 bridgehead atoms. The first-order valence-electron chi connectivity index (χ1n) is 7.95. The second kappa shape index (κ2) is 6.57. The average molecular weight is 328 g/mol. The Balaban J connectivity index is 1.60. The van der Waals surface area contributed by atoms with Gasteiger partial charge in [0, 0.05) is 30.4 Å². The van der Waals surface area contributed by atoms with Crippen molar-refractivity contribution in [3.05, 3.63) is 78.3 Å². The zero-order chi connectivity index (χ0) is 17.1. The standard InChI is InChI=1S/C20H16N4O/c1-24-18(12-13-21-24)16-8-5-9-17(14-16)20-22-19(25-23-20)11-10-15-6-3-2-4-7-15/h2-14H,1H3/b11-10+. The van der Waals surface area contributed by atoms with Crippen LogP contribution in [0.25, 0.3) is 34.8 Å². The van der Waals surface area contributed by atoms with E-state index in [2.05, 4.69) is 15.2 Å². The molecule has 5 nitrogen and oxygen atoms in total. The Kier molecular flexibility index (Phi) is 3.96. The molecular formula is C20H16N4O. The molecule has 0 aliphatic heterocycles. The van der Waals surface area contributed by atoms with E-state index in [9.17, 15) is 0 Å². The van der Waals surface area contributed by atoms with Crippen molar-refractivity contribution in [2.75, 3.05) is 0 Å². The van der Waals surface area contributed by atoms with Gasteiger partial charge in [-0.25, -0.2) is 0 Å². The topological polar surface area (TPSA) is 56.7 Å². The maximum absolute atomic E-state index is 5.33. The summed E-state index contributed by atoms with van der Waals surface area (Å²) in [7, 11) is 1.92. The summed E-state index contributed by atoms with van der Waals surface area (Å²) in [5.41, 5.74) is 4.08. The molecule has 0 radical (unpaired) electrons. The van der Waals surface area contributed by atoms with Gasteiger partial charge in [0.2, 0.25) is 5.82 Å². The van der Waals surface area contributed by atoms with Gasteiger partial charge < -0.3 is 4.52 Å². The summed E-state index contributed by atoms with van der Waals surface area (Å²) >= 11 is 0. The molecule has 0 spiro atoms. The van der Waals surface area contributed by atoms with Crippen molar-refractivity contribution in [3.63, 3.8) is 0 Å². The Bertz CT molecular complexity index is 1010. The summed E-state index contributed by atoms with van der Waals surface area (Å²) in [6.45, 7) is 0. The number of aromatic nitrogens is 4. The molecule has 0 saturated heterocycles. The lowest BCUT2D eigenvalue weighted by Crippen LogP contribution is -1.93. The highest BCUT2D eigenvalue weighted by atomic mass is 16.5. The number of hydrogen-bond acceptors (Lipinski definition) is 4. The Hall–Kier alpha value is -3.47. The van der Waals surface area contributed by atoms with Crippen molar-refractivity contribution < 1.29 is 4.52 Å². The zero-order valence-corrected chi connectivity index (χ0v) is 13.7. The van der Waals surface area contributed by atoms with Gasteiger partial charge >= 0.3 is 0 Å². The predicted octanol–water partition coefficient (Wildman–Crippen LogP) is 4.31. The summed E-state index contributed by atoms with van der Waals surface area (Å²) in [6.07, 6.45) is 5.54. The minimum atomic E-state index is 0.477. The monoisotopic (exact) mass is 328 g/mol. The van der Waals surface area contributed by atoms with Crippen LogP contribution in [0.1, 0.15) is 11.5 Å². The van der Waals surface area contributed by atoms with Gasteiger partial charge in [-0.2, -0.15) is 10.1 Å². The smallest absolute Gasteiger partial charge is 0.250 e. The van der Waals surface area contributed by atoms with Crippen molar-refractivity contribution in [1.29, 1.82) is 0 Å². The quantitative estimate of drug-likeness (QED) is 0.560. The average Bonchev–Trinajstić information content (AvgIpc) is 3.30. The van der Waals surface area contributed by atoms with Crippen LogP contribution in [0.5, 0.6) is 0 Å². The molecule has 2 aromatic carbocycles. The normalized spacial score (nSPS) is 11.2. The first kappa shape index (κ1) is 15.1. The lowest BCUT2D eigenvalue weighted by atomic mass is 10.1. The summed E-state index contributed by atoms with van der Waals surface area (Å²) in [6, 6.07) is 20.0. The largest absolute Gasteiger partial charge is 0.334 e. The van der Waals surface area contributed by atoms with E-state index in [1.807, 2.05) is 84.5 Å². The molecule has 0 fully saturated rings. The van der Waals surface area contributed by atoms with E-state index in [1.54, 1.807) is 6.20 Å². The molecular weight excluding hydrogens is 312 g/mol. The maximum Gasteiger partial charge on any atom is 0.250 e. The maximum atomic E-state index is 5.33. The molecule has 0 saturated carbocycles. The molecule has 2 heterocycles. The van der Waals surface area contributed by atoms with E-state index in [4.69, 9.17) is 4.52 Å². The molecule has 0 aliphatic carbocycles. The predicted molar refractivity (Wildman–Crippen MR) is 97.3 cm³/mol. The molecule has 0 N–H and O–H groups in total. The van der Waals surface area contributed by atoms with Gasteiger partial charge in [-0.05, 0) is 23.8 Å². The highest BCUT2D eigenvalue weighted by molar-refractivity contribution is 5.69. The van der Waals surface area contributed by atoms with Crippen LogP contribution in [-0.4, -0.2) is 19.9 Å². The van der Waals surface area contributed by atoms with Crippen LogP contribution in [-0.2, 0) is 7.05 Å². The second-order valence-electron chi connectivity index (χ2n) is 5.62. The van der Waals surface area contributed by atoms with Crippen molar-refractivity contribution in [2.45, 2.75) is 0 Å². The van der Waals surface area contributed by atoms with Crippen LogP contribution >= 0.6 is 0 Å². The Morgan fingerprint density at radius 3 is 2.56 bits per heavy atom. The van der Waals surface area contributed by atoms with Crippen molar-refractivity contribution in [1.82, 2.24) is 19.9 Å². The van der Waals surface area contributed by atoms with Gasteiger partial charge in [-0.15, -0.1) is 0 Å². The molecule has 5 heteroatoms. The fourth-order valence-electron chi connectivity index (χ4n) is 2.63. The molecule has 0 unspecified atom stereocenters. The highest BCUT2D eigenvalue weighted by Crippen LogP contribution is 2.24. The van der Waals surface area contributed by atoms with E-state index in [1.165, 1.54) is 0 Å². The molecule has 0 amide bonds.